The van der Waals surface area contributed by atoms with Crippen LogP contribution in [0, 0.1) is 0 Å². The third-order valence-corrected chi connectivity index (χ3v) is 3.99. The Morgan fingerprint density at radius 1 is 0.947 bits per heavy atom. The number of hydrogen-bond acceptors (Lipinski definition) is 1. The molecule has 2 aromatic rings. The number of hydrogen-bond donors (Lipinski definition) is 0. The molecular weight excluding hydrogens is 248 g/mol. The van der Waals surface area contributed by atoms with Gasteiger partial charge in [0.05, 0.1) is 0 Å². The van der Waals surface area contributed by atoms with E-state index >= 15 is 0 Å². The van der Waals surface area contributed by atoms with E-state index in [2.05, 4.69) is 73.7 Å². The summed E-state index contributed by atoms with van der Waals surface area (Å²) < 4.78 is 0. The topological polar surface area (TPSA) is 0 Å². The minimum atomic E-state index is 1.16. The third kappa shape index (κ3) is 4.96. The molecule has 1 heteroatoms. The van der Waals surface area contributed by atoms with Crippen LogP contribution in [0.25, 0.3) is 6.08 Å². The van der Waals surface area contributed by atoms with Gasteiger partial charge in [-0.15, -0.1) is 0 Å². The molecule has 0 aliphatic heterocycles. The van der Waals surface area contributed by atoms with E-state index in [1.54, 1.807) is 0 Å². The Morgan fingerprint density at radius 2 is 1.58 bits per heavy atom. The number of allylic oxidation sites excluding steroid dienone is 1. The van der Waals surface area contributed by atoms with E-state index in [1.165, 1.54) is 28.2 Å². The summed E-state index contributed by atoms with van der Waals surface area (Å²) in [5, 5.41) is 0. The molecule has 0 bridgehead atoms. The van der Waals surface area contributed by atoms with Crippen molar-refractivity contribution in [3.63, 3.8) is 0 Å². The Bertz CT molecular complexity index is 500. The first-order valence-electron chi connectivity index (χ1n) is 6.87. The van der Waals surface area contributed by atoms with E-state index in [4.69, 9.17) is 0 Å². The summed E-state index contributed by atoms with van der Waals surface area (Å²) >= 11 is 1.88. The zero-order valence-corrected chi connectivity index (χ0v) is 12.2. The monoisotopic (exact) mass is 268 g/mol. The van der Waals surface area contributed by atoms with Gasteiger partial charge in [0.25, 0.3) is 0 Å². The van der Waals surface area contributed by atoms with Crippen molar-refractivity contribution in [2.45, 2.75) is 31.1 Å². The second-order valence-electron chi connectivity index (χ2n) is 4.54. The average molecular weight is 268 g/mol. The van der Waals surface area contributed by atoms with Crippen LogP contribution < -0.4 is 0 Å². The highest BCUT2D eigenvalue weighted by Crippen LogP contribution is 2.31. The lowest BCUT2D eigenvalue weighted by Crippen LogP contribution is -1.81. The van der Waals surface area contributed by atoms with Crippen LogP contribution in [0.5, 0.6) is 0 Å². The molecule has 0 atom stereocenters. The zero-order valence-electron chi connectivity index (χ0n) is 11.4. The molecule has 0 nitrogen and oxygen atoms in total. The minimum Gasteiger partial charge on any atom is -0.0945 e. The van der Waals surface area contributed by atoms with E-state index < -0.39 is 0 Å². The van der Waals surface area contributed by atoms with Crippen LogP contribution in [0.1, 0.15) is 31.7 Å². The quantitative estimate of drug-likeness (QED) is 0.578. The molecule has 2 rings (SSSR count). The maximum absolute atomic E-state index is 2.31. The van der Waals surface area contributed by atoms with E-state index in [-0.39, 0.29) is 0 Å². The Morgan fingerprint density at radius 3 is 2.21 bits per heavy atom. The number of thioether (sulfide) groups is 1. The molecule has 0 saturated heterocycles. The van der Waals surface area contributed by atoms with Gasteiger partial charge in [-0.2, -0.15) is 0 Å². The van der Waals surface area contributed by atoms with Gasteiger partial charge in [0.1, 0.15) is 0 Å². The number of rotatable bonds is 6. The zero-order chi connectivity index (χ0) is 13.3. The van der Waals surface area contributed by atoms with Crippen LogP contribution in [-0.4, -0.2) is 0 Å². The molecule has 0 N–H and O–H groups in total. The van der Waals surface area contributed by atoms with Crippen LogP contribution in [-0.2, 0) is 0 Å². The summed E-state index contributed by atoms with van der Waals surface area (Å²) in [4.78, 5) is 2.76. The van der Waals surface area contributed by atoms with Crippen molar-refractivity contribution in [1.29, 1.82) is 0 Å². The van der Waals surface area contributed by atoms with Crippen LogP contribution in [0.2, 0.25) is 0 Å². The molecule has 0 aromatic heterocycles. The third-order valence-electron chi connectivity index (χ3n) is 2.90. The molecular formula is C18H20S. The summed E-state index contributed by atoms with van der Waals surface area (Å²) in [5.41, 5.74) is 1.29. The molecule has 0 aliphatic rings. The maximum Gasteiger partial charge on any atom is 0.0119 e. The van der Waals surface area contributed by atoms with Gasteiger partial charge in [-0.25, -0.2) is 0 Å². The lowest BCUT2D eigenvalue weighted by atomic mass is 10.1. The van der Waals surface area contributed by atoms with Crippen LogP contribution in [0.3, 0.4) is 0 Å². The van der Waals surface area contributed by atoms with Gasteiger partial charge >= 0.3 is 0 Å². The smallest absolute Gasteiger partial charge is 0.0119 e. The van der Waals surface area contributed by atoms with Gasteiger partial charge in [0.15, 0.2) is 0 Å². The molecule has 0 fully saturated rings. The molecule has 0 amide bonds. The molecule has 0 saturated carbocycles. The first-order chi connectivity index (χ1) is 9.38. The summed E-state index contributed by atoms with van der Waals surface area (Å²) in [5.74, 6) is 0. The van der Waals surface area contributed by atoms with Gasteiger partial charge in [0, 0.05) is 4.90 Å². The summed E-state index contributed by atoms with van der Waals surface area (Å²) in [7, 11) is 0. The van der Waals surface area contributed by atoms with Crippen molar-refractivity contribution < 1.29 is 0 Å². The Kier molecular flexibility index (Phi) is 5.77. The average Bonchev–Trinajstić information content (AvgIpc) is 2.47. The minimum absolute atomic E-state index is 1.16. The molecule has 0 heterocycles. The first-order valence-corrected chi connectivity index (χ1v) is 7.68. The lowest BCUT2D eigenvalue weighted by molar-refractivity contribution is 0.810. The fraction of sp³-hybridized carbons (Fsp3) is 0.222. The Hall–Kier alpha value is -1.47. The van der Waals surface area contributed by atoms with Crippen molar-refractivity contribution in [2.75, 3.05) is 0 Å². The standard InChI is InChI=1S/C18H20S/c1-2-3-12-18(15-16-10-6-4-7-11-16)19-17-13-8-5-9-14-17/h4-11,13-15H,2-3,12H2,1H3/b18-15-. The highest BCUT2D eigenvalue weighted by molar-refractivity contribution is 8.03. The van der Waals surface area contributed by atoms with Crippen LogP contribution in [0.4, 0.5) is 0 Å². The molecule has 98 valence electrons. The normalized spacial score (nSPS) is 11.5. The summed E-state index contributed by atoms with van der Waals surface area (Å²) in [6, 6.07) is 21.2. The highest BCUT2D eigenvalue weighted by atomic mass is 32.2. The molecule has 2 aromatic carbocycles. The SMILES string of the molecule is CCCC/C(=C/c1ccccc1)Sc1ccccc1. The molecule has 0 spiro atoms. The first kappa shape index (κ1) is 14.0. The van der Waals surface area contributed by atoms with Gasteiger partial charge in [-0.1, -0.05) is 73.6 Å². The second-order valence-corrected chi connectivity index (χ2v) is 5.74. The van der Waals surface area contributed by atoms with E-state index in [0.29, 0.717) is 0 Å². The van der Waals surface area contributed by atoms with Gasteiger partial charge in [-0.3, -0.25) is 0 Å². The van der Waals surface area contributed by atoms with Crippen molar-refractivity contribution in [2.24, 2.45) is 0 Å². The largest absolute Gasteiger partial charge is 0.0945 e. The molecule has 0 aliphatic carbocycles. The van der Waals surface area contributed by atoms with Crippen molar-refractivity contribution in [3.05, 3.63) is 71.1 Å². The summed E-state index contributed by atoms with van der Waals surface area (Å²) in [6.07, 6.45) is 5.96. The van der Waals surface area contributed by atoms with E-state index in [0.717, 1.165) is 6.42 Å². The number of unbranched alkanes of at least 4 members (excludes halogenated alkanes) is 1. The van der Waals surface area contributed by atoms with Crippen molar-refractivity contribution in [3.8, 4) is 0 Å². The lowest BCUT2D eigenvalue weighted by Gasteiger charge is -2.07. The molecule has 19 heavy (non-hydrogen) atoms. The van der Waals surface area contributed by atoms with E-state index in [9.17, 15) is 0 Å². The molecule has 0 unspecified atom stereocenters. The molecule has 0 radical (unpaired) electrons. The Balaban J connectivity index is 2.14. The van der Waals surface area contributed by atoms with Gasteiger partial charge in [-0.05, 0) is 41.5 Å². The highest BCUT2D eigenvalue weighted by Gasteiger charge is 2.01. The number of benzene rings is 2. The van der Waals surface area contributed by atoms with Crippen LogP contribution in [0.15, 0.2) is 70.5 Å². The van der Waals surface area contributed by atoms with E-state index in [1.807, 2.05) is 11.8 Å². The van der Waals surface area contributed by atoms with Gasteiger partial charge < -0.3 is 0 Å². The fourth-order valence-electron chi connectivity index (χ4n) is 1.88. The predicted molar refractivity (Wildman–Crippen MR) is 86.2 cm³/mol. The Labute approximate surface area is 120 Å². The van der Waals surface area contributed by atoms with Crippen molar-refractivity contribution >= 4 is 17.8 Å². The predicted octanol–water partition coefficient (Wildman–Crippen LogP) is 6.01. The maximum atomic E-state index is 2.31. The van der Waals surface area contributed by atoms with Crippen LogP contribution >= 0.6 is 11.8 Å². The summed E-state index contributed by atoms with van der Waals surface area (Å²) in [6.45, 7) is 2.24. The fourth-order valence-corrected chi connectivity index (χ4v) is 2.92. The second kappa shape index (κ2) is 7.85. The van der Waals surface area contributed by atoms with Gasteiger partial charge in [0.2, 0.25) is 0 Å². The van der Waals surface area contributed by atoms with Crippen molar-refractivity contribution in [1.82, 2.24) is 0 Å².